The lowest BCUT2D eigenvalue weighted by atomic mass is 10.0. The topological polar surface area (TPSA) is 753 Å². The highest BCUT2D eigenvalue weighted by Gasteiger charge is 2.56. The maximum atomic E-state index is 12.6. The summed E-state index contributed by atoms with van der Waals surface area (Å²) in [7, 11) is -22.3. The van der Waals surface area contributed by atoms with Gasteiger partial charge < -0.3 is 54.8 Å². The number of imidazole rings is 1. The molecule has 10 fully saturated rings. The van der Waals surface area contributed by atoms with Crippen molar-refractivity contribution in [3.05, 3.63) is 98.7 Å². The molecule has 0 saturated carbocycles. The van der Waals surface area contributed by atoms with Gasteiger partial charge in [0.1, 0.15) is 66.2 Å². The van der Waals surface area contributed by atoms with Crippen molar-refractivity contribution in [1.29, 1.82) is 0 Å². The van der Waals surface area contributed by atoms with Crippen LogP contribution in [-0.2, 0) is 161 Å². The first-order valence-corrected chi connectivity index (χ1v) is 49.4. The van der Waals surface area contributed by atoms with E-state index in [4.69, 9.17) is 51.4 Å². The van der Waals surface area contributed by atoms with E-state index in [2.05, 4.69) is 90.4 Å². The normalized spacial score (nSPS) is 27.5. The molecule has 20 heterocycles. The molecule has 10 saturated heterocycles. The van der Waals surface area contributed by atoms with Crippen LogP contribution in [-0.4, -0.2) is 323 Å². The number of nitrogens with zero attached hydrogens (tertiary/aromatic N) is 15. The van der Waals surface area contributed by atoms with Gasteiger partial charge in [-0.15, -0.1) is 32.8 Å². The Bertz CT molecular complexity index is 5620. The number of nitrogens with one attached hydrogen (secondary N) is 10. The van der Waals surface area contributed by atoms with Gasteiger partial charge in [-0.1, -0.05) is 0 Å². The summed E-state index contributed by atoms with van der Waals surface area (Å²) in [5.41, 5.74) is 17.5. The van der Waals surface area contributed by atoms with Crippen LogP contribution in [0.1, 0.15) is 151 Å². The standard InChI is InChI=1S/C14H20N6O7S.C14H18N4O8S.C14H18N4O7S2.C13H18N6O7S.C13H17N5O7S/c1-18-11-5-15-6-12(9(11)4-16-18)26-17-13(21)10-3-2-8-7-19(10)14(22)20(8)27-28(23,24)25;19-13(16-25-11-6-15-5-8-3-4-24-12(8)11)10-2-1-9-7-17(10)14(20)18(9)26-27(21,22)23;19-13(16-24-11-6-15-5-8-3-4-26-12(8)11)10-2-1-9-7-17(10)14(20)18(9)25-27(21,22)23;20-12(17-25-11-5-14-4-9-8(11)3-15-16-9)10-2-1-7-6-18(10)13(21)19(7)26-27(22,23)24;19-12(15-24-10-3-5-16-6-4-14-11(10)16)9-2-1-8-7-17(9)13(20)18(8)25-26(21,22)23/h4,8,10,12,15H,2-3,5-7H2,1H3,(H,17,21)(H,23,24,25);2*3-4,9-11,15H,1-2,5-7H2,(H,16,19)(H,21,22,23);3,7,10-11,14H,1-2,4-6H2,(H,15,16)(H,17,20)(H,22,23,24);4,6,8-10H,1-3,5,7H2,(H,15,19)(H,21,22,23)/t8-,10+,12?;2*9-,10+,11?;7-,10+,11?;8-,9+,10?/m11111/s1. The minimum atomic E-state index is -4.83. The molecule has 61 nitrogen and oxygen atoms in total. The van der Waals surface area contributed by atoms with E-state index >= 15 is 0 Å². The number of carbonyl (C=O) groups is 10. The van der Waals surface area contributed by atoms with Gasteiger partial charge >= 0.3 is 82.2 Å². The average molecular weight is 2030 g/mol. The number of aryl methyl sites for hydroxylation is 2. The van der Waals surface area contributed by atoms with Crippen molar-refractivity contribution >= 4 is 123 Å². The molecular weight excluding hydrogens is 1940 g/mol. The van der Waals surface area contributed by atoms with Crippen molar-refractivity contribution in [1.82, 2.24) is 128 Å². The Labute approximate surface area is 768 Å². The van der Waals surface area contributed by atoms with Crippen LogP contribution in [0.5, 0.6) is 0 Å². The molecule has 15 aliphatic heterocycles. The van der Waals surface area contributed by atoms with Crippen LogP contribution in [0.2, 0.25) is 0 Å². The van der Waals surface area contributed by atoms with E-state index in [0.717, 1.165) is 57.4 Å². The summed E-state index contributed by atoms with van der Waals surface area (Å²) in [6.45, 7) is 5.99. The summed E-state index contributed by atoms with van der Waals surface area (Å²) in [6, 6.07) is -7.02. The van der Waals surface area contributed by atoms with Crippen LogP contribution in [0, 0.1) is 0 Å². The lowest BCUT2D eigenvalue weighted by molar-refractivity contribution is -0.145. The van der Waals surface area contributed by atoms with Gasteiger partial charge in [0.25, 0.3) is 29.5 Å². The molecule has 0 spiro atoms. The Balaban J connectivity index is 0.000000123. The quantitative estimate of drug-likeness (QED) is 0.0196. The van der Waals surface area contributed by atoms with Crippen molar-refractivity contribution in [3.8, 4) is 0 Å². The van der Waals surface area contributed by atoms with Gasteiger partial charge in [-0.2, -0.15) is 77.6 Å². The summed E-state index contributed by atoms with van der Waals surface area (Å²) in [6.07, 6.45) is 10.3. The summed E-state index contributed by atoms with van der Waals surface area (Å²) in [4.78, 5) is 163. The molecule has 20 rings (SSSR count). The molecule has 740 valence electrons. The molecule has 5 aromatic rings. The molecule has 0 aromatic carbocycles. The molecule has 15 amide bonds. The Morgan fingerprint density at radius 1 is 0.437 bits per heavy atom. The molecule has 0 aliphatic carbocycles. The van der Waals surface area contributed by atoms with E-state index in [1.807, 2.05) is 35.3 Å². The molecule has 67 heteroatoms. The highest BCUT2D eigenvalue weighted by atomic mass is 32.3. The zero-order valence-corrected chi connectivity index (χ0v) is 75.4. The van der Waals surface area contributed by atoms with Gasteiger partial charge in [0, 0.05) is 139 Å². The molecular formula is C68H91N25O36S6. The highest BCUT2D eigenvalue weighted by Crippen LogP contribution is 2.39. The number of carbonyl (C=O) groups excluding carboxylic acids is 10. The number of urea groups is 5. The van der Waals surface area contributed by atoms with Crippen LogP contribution in [0.15, 0.2) is 53.0 Å². The molecule has 5 aromatic heterocycles. The number of aromatic amines is 1. The Morgan fingerprint density at radius 3 is 1.22 bits per heavy atom. The van der Waals surface area contributed by atoms with E-state index < -0.39 is 190 Å². The van der Waals surface area contributed by atoms with Crippen LogP contribution in [0.3, 0.4) is 0 Å². The maximum absolute atomic E-state index is 12.6. The zero-order valence-electron chi connectivity index (χ0n) is 70.5. The number of amides is 15. The fraction of sp³-hybridized carbons (Fsp3) is 0.603. The Morgan fingerprint density at radius 2 is 0.800 bits per heavy atom. The minimum Gasteiger partial charge on any atom is -0.466 e. The number of fused-ring (bicyclic) bond motifs is 15. The van der Waals surface area contributed by atoms with Gasteiger partial charge in [0.15, 0.2) is 6.10 Å². The van der Waals surface area contributed by atoms with E-state index in [1.54, 1.807) is 40.9 Å². The number of aromatic nitrogens is 6. The third kappa shape index (κ3) is 22.1. The number of hydroxylamine groups is 15. The first kappa shape index (κ1) is 97.4. The van der Waals surface area contributed by atoms with Crippen molar-refractivity contribution in [2.24, 2.45) is 7.05 Å². The Kier molecular flexibility index (Phi) is 28.7. The molecule has 0 radical (unpaired) electrons. The summed E-state index contributed by atoms with van der Waals surface area (Å²) in [5.74, 6) is -1.21. The first-order chi connectivity index (χ1) is 64.1. The van der Waals surface area contributed by atoms with E-state index in [1.165, 1.54) is 24.5 Å². The molecule has 15 aliphatic rings. The summed E-state index contributed by atoms with van der Waals surface area (Å²) in [5, 5.41) is 28.6. The number of thiophene rings is 1. The predicted octanol–water partition coefficient (Wildman–Crippen LogP) is -3.98. The fourth-order valence-corrected chi connectivity index (χ4v) is 21.1. The lowest BCUT2D eigenvalue weighted by Crippen LogP contribution is -2.50. The third-order valence-corrected chi connectivity index (χ3v) is 27.2. The van der Waals surface area contributed by atoms with Crippen LogP contribution >= 0.6 is 11.3 Å². The number of hydrogen-bond donors (Lipinski definition) is 15. The maximum Gasteiger partial charge on any atom is 0.418 e. The Hall–Kier alpha value is -10.7. The van der Waals surface area contributed by atoms with Crippen molar-refractivity contribution in [3.63, 3.8) is 0 Å². The molecule has 10 bridgehead atoms. The highest BCUT2D eigenvalue weighted by molar-refractivity contribution is 7.81. The smallest absolute Gasteiger partial charge is 0.418 e. The summed E-state index contributed by atoms with van der Waals surface area (Å²) >= 11 is 1.55. The van der Waals surface area contributed by atoms with Crippen molar-refractivity contribution in [2.75, 3.05) is 58.9 Å². The second-order valence-electron chi connectivity index (χ2n) is 32.8. The first-order valence-electron chi connectivity index (χ1n) is 41.7. The molecule has 15 N–H and O–H groups in total. The van der Waals surface area contributed by atoms with E-state index in [-0.39, 0.29) is 44.9 Å². The predicted molar refractivity (Wildman–Crippen MR) is 435 cm³/mol. The molecule has 15 atom stereocenters. The number of hydrogen-bond acceptors (Lipinski definition) is 39. The third-order valence-electron chi connectivity index (χ3n) is 24.4. The fourth-order valence-electron chi connectivity index (χ4n) is 18.2. The van der Waals surface area contributed by atoms with Gasteiger partial charge in [-0.3, -0.25) is 80.7 Å². The SMILES string of the molecule is Cn1ncc2c1CNCC2ONC(=O)[C@@H]1CC[C@@H]2CN1C(=O)N2OS(=O)(=O)O.O=C(NOC1CCn2ccnc21)[C@@H]1CC[C@@H]2CN1C(=O)N2OS(=O)(=O)O.O=C(NOC1CNCc2[nH]ncc21)[C@@H]1CC[C@@H]2CN1C(=O)N2OS(=O)(=O)O.O=C(NOC1CNCc2ccoc21)[C@@H]1CC[C@@H]2CN1C(=O)N2OS(=O)(=O)O.O=C(NOC1CNCc2ccsc21)[C@@H]1CC[C@@H]2CN1C(=O)N2OS(=O)(=O)O. The molecule has 5 unspecified atom stereocenters. The summed E-state index contributed by atoms with van der Waals surface area (Å²) < 4.78 is 184. The second-order valence-corrected chi connectivity index (χ2v) is 38.8. The zero-order chi connectivity index (χ0) is 96.1. The van der Waals surface area contributed by atoms with E-state index in [9.17, 15) is 90.0 Å². The lowest BCUT2D eigenvalue weighted by Gasteiger charge is -2.30. The average Bonchev–Trinajstić information content (AvgIpc) is 1.65. The minimum absolute atomic E-state index is 0.111. The van der Waals surface area contributed by atoms with Gasteiger partial charge in [0.2, 0.25) is 0 Å². The monoisotopic (exact) mass is 2030 g/mol. The molecule has 135 heavy (non-hydrogen) atoms. The van der Waals surface area contributed by atoms with Crippen molar-refractivity contribution in [2.45, 2.75) is 194 Å². The van der Waals surface area contributed by atoms with Gasteiger partial charge in [0.05, 0.1) is 60.3 Å². The van der Waals surface area contributed by atoms with Gasteiger partial charge in [-0.25, -0.2) is 56.4 Å². The number of piperidine rings is 5. The largest absolute Gasteiger partial charge is 0.466 e. The van der Waals surface area contributed by atoms with Crippen LogP contribution < -0.4 is 48.7 Å². The number of H-pyrrole nitrogens is 1. The number of rotatable bonds is 25. The second kappa shape index (κ2) is 39.8. The van der Waals surface area contributed by atoms with Crippen molar-refractivity contribution < 1.29 is 163 Å². The van der Waals surface area contributed by atoms with Crippen LogP contribution in [0.25, 0.3) is 0 Å². The van der Waals surface area contributed by atoms with Gasteiger partial charge in [-0.05, 0) is 87.3 Å². The van der Waals surface area contributed by atoms with E-state index in [0.29, 0.717) is 148 Å². The number of furan rings is 1. The van der Waals surface area contributed by atoms with Crippen LogP contribution in [0.4, 0.5) is 24.0 Å².